The first-order valence-corrected chi connectivity index (χ1v) is 16.2. The Kier molecular flexibility index (Phi) is 16.7. The molecule has 2 aromatic carbocycles. The number of aryl methyl sites for hydroxylation is 4. The molecule has 6 nitrogen and oxygen atoms in total. The van der Waals surface area contributed by atoms with Crippen molar-refractivity contribution in [1.29, 1.82) is 0 Å². The first-order chi connectivity index (χ1) is 20.5. The van der Waals surface area contributed by atoms with Gasteiger partial charge in [-0.25, -0.2) is 0 Å². The van der Waals surface area contributed by atoms with E-state index >= 15 is 0 Å². The second-order valence-corrected chi connectivity index (χ2v) is 11.6. The summed E-state index contributed by atoms with van der Waals surface area (Å²) in [7, 11) is 0. The molecule has 1 aliphatic heterocycles. The second-order valence-electron chi connectivity index (χ2n) is 11.6. The van der Waals surface area contributed by atoms with E-state index in [2.05, 4.69) is 64.1 Å². The van der Waals surface area contributed by atoms with Gasteiger partial charge in [-0.2, -0.15) is 0 Å². The molecule has 1 heterocycles. The van der Waals surface area contributed by atoms with Crippen LogP contribution in [0.2, 0.25) is 0 Å². The summed E-state index contributed by atoms with van der Waals surface area (Å²) >= 11 is 0. The number of benzene rings is 2. The van der Waals surface area contributed by atoms with Gasteiger partial charge in [-0.15, -0.1) is 0 Å². The molecule has 0 radical (unpaired) electrons. The fourth-order valence-electron chi connectivity index (χ4n) is 5.52. The molecule has 0 aliphatic carbocycles. The molecular weight excluding hydrogens is 528 g/mol. The van der Waals surface area contributed by atoms with Crippen molar-refractivity contribution in [3.63, 3.8) is 0 Å². The van der Waals surface area contributed by atoms with Gasteiger partial charge in [-0.05, 0) is 101 Å². The third-order valence-electron chi connectivity index (χ3n) is 7.81. The fraction of sp³-hybridized carbons (Fsp3) is 0.667. The molecule has 3 rings (SSSR count). The van der Waals surface area contributed by atoms with Crippen LogP contribution in [0.15, 0.2) is 36.4 Å². The molecule has 0 saturated carbocycles. The molecule has 0 amide bonds. The SMILES string of the molecule is Cc1ccc(C)c(C2(c3cc(C)ccc3C)CCCOCCCOCCCOCCCCOCCCOCCCO2)c1. The first-order valence-electron chi connectivity index (χ1n) is 16.2. The number of hydrogen-bond donors (Lipinski definition) is 0. The van der Waals surface area contributed by atoms with Crippen LogP contribution in [0.4, 0.5) is 0 Å². The summed E-state index contributed by atoms with van der Waals surface area (Å²) in [5.41, 5.74) is 6.93. The summed E-state index contributed by atoms with van der Waals surface area (Å²) in [5, 5.41) is 0. The van der Waals surface area contributed by atoms with Gasteiger partial charge in [0.1, 0.15) is 5.60 Å². The molecule has 0 spiro atoms. The Morgan fingerprint density at radius 3 is 1.21 bits per heavy atom. The number of ether oxygens (including phenoxy) is 6. The van der Waals surface area contributed by atoms with Gasteiger partial charge in [-0.3, -0.25) is 0 Å². The van der Waals surface area contributed by atoms with Gasteiger partial charge in [0.25, 0.3) is 0 Å². The molecule has 236 valence electrons. The Morgan fingerprint density at radius 1 is 0.429 bits per heavy atom. The molecule has 42 heavy (non-hydrogen) atoms. The molecule has 0 N–H and O–H groups in total. The minimum Gasteiger partial charge on any atom is -0.381 e. The van der Waals surface area contributed by atoms with Gasteiger partial charge in [0.05, 0.1) is 6.61 Å². The average molecular weight is 585 g/mol. The third-order valence-corrected chi connectivity index (χ3v) is 7.81. The van der Waals surface area contributed by atoms with Crippen molar-refractivity contribution in [3.8, 4) is 0 Å². The van der Waals surface area contributed by atoms with Gasteiger partial charge in [0, 0.05) is 66.1 Å². The Labute approximate surface area is 255 Å². The summed E-state index contributed by atoms with van der Waals surface area (Å²) in [5.74, 6) is 0. The summed E-state index contributed by atoms with van der Waals surface area (Å²) < 4.78 is 36.3. The van der Waals surface area contributed by atoms with Crippen LogP contribution in [0.5, 0.6) is 0 Å². The zero-order valence-electron chi connectivity index (χ0n) is 26.8. The van der Waals surface area contributed by atoms with Crippen molar-refractivity contribution in [2.45, 2.75) is 84.7 Å². The van der Waals surface area contributed by atoms with E-state index in [9.17, 15) is 0 Å². The molecule has 0 unspecified atom stereocenters. The third kappa shape index (κ3) is 12.1. The van der Waals surface area contributed by atoms with E-state index in [-0.39, 0.29) is 0 Å². The fourth-order valence-corrected chi connectivity index (χ4v) is 5.52. The predicted molar refractivity (Wildman–Crippen MR) is 170 cm³/mol. The monoisotopic (exact) mass is 584 g/mol. The highest BCUT2D eigenvalue weighted by Crippen LogP contribution is 2.42. The van der Waals surface area contributed by atoms with Gasteiger partial charge in [0.2, 0.25) is 0 Å². The quantitative estimate of drug-likeness (QED) is 0.367. The van der Waals surface area contributed by atoms with E-state index in [1.54, 1.807) is 0 Å². The van der Waals surface area contributed by atoms with Gasteiger partial charge in [-0.1, -0.05) is 47.5 Å². The van der Waals surface area contributed by atoms with Crippen LogP contribution in [-0.2, 0) is 34.0 Å². The molecule has 2 aromatic rings. The Morgan fingerprint density at radius 2 is 0.786 bits per heavy atom. The minimum absolute atomic E-state index is 0.556. The highest BCUT2D eigenvalue weighted by Gasteiger charge is 2.37. The summed E-state index contributed by atoms with van der Waals surface area (Å²) in [4.78, 5) is 0. The second kappa shape index (κ2) is 20.2. The lowest BCUT2D eigenvalue weighted by Crippen LogP contribution is -2.34. The predicted octanol–water partition coefficient (Wildman–Crippen LogP) is 7.40. The molecule has 1 saturated heterocycles. The van der Waals surface area contributed by atoms with Crippen LogP contribution in [0.25, 0.3) is 0 Å². The standard InChI is InChI=1S/C36H56O6/c1-30-12-14-32(3)34(28-30)36(35-29-31(2)13-15-33(35)4)16-7-19-39-22-10-24-40-23-8-20-37-17-5-6-18-38-21-9-25-41-26-11-27-42-36/h12-15,28-29H,5-11,16-27H2,1-4H3. The lowest BCUT2D eigenvalue weighted by molar-refractivity contribution is -0.0408. The summed E-state index contributed by atoms with van der Waals surface area (Å²) in [6, 6.07) is 13.5. The van der Waals surface area contributed by atoms with E-state index in [4.69, 9.17) is 28.4 Å². The van der Waals surface area contributed by atoms with Crippen molar-refractivity contribution in [2.24, 2.45) is 0 Å². The van der Waals surface area contributed by atoms with Crippen LogP contribution in [0, 0.1) is 27.7 Å². The molecule has 1 fully saturated rings. The molecule has 6 heteroatoms. The first kappa shape index (κ1) is 34.7. The van der Waals surface area contributed by atoms with E-state index in [1.807, 2.05) is 0 Å². The van der Waals surface area contributed by atoms with Crippen LogP contribution >= 0.6 is 0 Å². The zero-order chi connectivity index (χ0) is 29.9. The van der Waals surface area contributed by atoms with Gasteiger partial charge in [0.15, 0.2) is 0 Å². The van der Waals surface area contributed by atoms with Crippen molar-refractivity contribution in [1.82, 2.24) is 0 Å². The zero-order valence-corrected chi connectivity index (χ0v) is 26.8. The Bertz CT molecular complexity index is 927. The lowest BCUT2D eigenvalue weighted by Gasteiger charge is -2.38. The highest BCUT2D eigenvalue weighted by molar-refractivity contribution is 5.46. The molecule has 0 aromatic heterocycles. The van der Waals surface area contributed by atoms with Crippen molar-refractivity contribution in [2.75, 3.05) is 72.7 Å². The van der Waals surface area contributed by atoms with Crippen molar-refractivity contribution >= 4 is 0 Å². The Balaban J connectivity index is 1.72. The number of rotatable bonds is 2. The van der Waals surface area contributed by atoms with E-state index in [0.29, 0.717) is 33.0 Å². The maximum Gasteiger partial charge on any atom is 0.119 e. The minimum atomic E-state index is -0.556. The molecule has 0 atom stereocenters. The van der Waals surface area contributed by atoms with E-state index in [1.165, 1.54) is 33.4 Å². The molecular formula is C36H56O6. The summed E-state index contributed by atoms with van der Waals surface area (Å²) in [6.07, 6.45) is 7.37. The van der Waals surface area contributed by atoms with Crippen LogP contribution in [0.3, 0.4) is 0 Å². The van der Waals surface area contributed by atoms with Crippen LogP contribution in [0.1, 0.15) is 84.7 Å². The van der Waals surface area contributed by atoms with Crippen LogP contribution < -0.4 is 0 Å². The number of hydrogen-bond acceptors (Lipinski definition) is 6. The topological polar surface area (TPSA) is 55.4 Å². The smallest absolute Gasteiger partial charge is 0.119 e. The summed E-state index contributed by atoms with van der Waals surface area (Å²) in [6.45, 7) is 16.7. The maximum absolute atomic E-state index is 7.04. The Hall–Kier alpha value is -1.80. The van der Waals surface area contributed by atoms with Crippen molar-refractivity contribution < 1.29 is 28.4 Å². The largest absolute Gasteiger partial charge is 0.381 e. The van der Waals surface area contributed by atoms with Crippen molar-refractivity contribution in [3.05, 3.63) is 69.8 Å². The highest BCUT2D eigenvalue weighted by atomic mass is 16.5. The van der Waals surface area contributed by atoms with Crippen LogP contribution in [-0.4, -0.2) is 72.7 Å². The lowest BCUT2D eigenvalue weighted by atomic mass is 9.77. The molecule has 0 bridgehead atoms. The molecule has 1 aliphatic rings. The normalized spacial score (nSPS) is 20.6. The van der Waals surface area contributed by atoms with E-state index < -0.39 is 5.60 Å². The average Bonchev–Trinajstić information content (AvgIpc) is 2.98. The van der Waals surface area contributed by atoms with E-state index in [0.717, 1.165) is 91.0 Å². The maximum atomic E-state index is 7.04. The van der Waals surface area contributed by atoms with Gasteiger partial charge >= 0.3 is 0 Å². The van der Waals surface area contributed by atoms with Gasteiger partial charge < -0.3 is 28.4 Å².